The molecular formula is C15H18FN3OS. The molecule has 0 bridgehead atoms. The van der Waals surface area contributed by atoms with Gasteiger partial charge in [-0.05, 0) is 31.5 Å². The van der Waals surface area contributed by atoms with E-state index >= 15 is 0 Å². The Morgan fingerprint density at radius 3 is 2.57 bits per heavy atom. The van der Waals surface area contributed by atoms with E-state index in [1.165, 1.54) is 23.9 Å². The molecule has 1 heterocycles. The molecule has 0 saturated heterocycles. The number of aromatic nitrogens is 2. The van der Waals surface area contributed by atoms with Crippen molar-refractivity contribution in [1.82, 2.24) is 14.9 Å². The molecule has 2 atom stereocenters. The Balaban J connectivity index is 1.94. The molecule has 0 saturated carbocycles. The summed E-state index contributed by atoms with van der Waals surface area (Å²) in [6, 6.07) is 5.98. The van der Waals surface area contributed by atoms with Crippen LogP contribution in [0.25, 0.3) is 0 Å². The van der Waals surface area contributed by atoms with Gasteiger partial charge in [-0.1, -0.05) is 23.9 Å². The van der Waals surface area contributed by atoms with Crippen molar-refractivity contribution in [2.24, 2.45) is 7.05 Å². The molecule has 6 heteroatoms. The molecule has 1 aromatic carbocycles. The van der Waals surface area contributed by atoms with Crippen molar-refractivity contribution in [2.75, 3.05) is 0 Å². The number of hydrogen-bond donors (Lipinski definition) is 1. The standard InChI is InChI=1S/C15H18FN3OS/c1-10(12-4-6-13(16)7-5-12)18-14(20)11(2)21-15-17-8-9-19(15)3/h4-11H,1-3H3,(H,18,20). The van der Waals surface area contributed by atoms with Crippen molar-refractivity contribution < 1.29 is 9.18 Å². The fraction of sp³-hybridized carbons (Fsp3) is 0.333. The van der Waals surface area contributed by atoms with Crippen LogP contribution in [0.4, 0.5) is 4.39 Å². The second kappa shape index (κ2) is 6.76. The summed E-state index contributed by atoms with van der Waals surface area (Å²) in [5, 5.41) is 3.47. The van der Waals surface area contributed by atoms with Gasteiger partial charge in [-0.15, -0.1) is 0 Å². The van der Waals surface area contributed by atoms with Crippen LogP contribution in [-0.2, 0) is 11.8 Å². The van der Waals surface area contributed by atoms with Gasteiger partial charge >= 0.3 is 0 Å². The highest BCUT2D eigenvalue weighted by molar-refractivity contribution is 8.00. The Morgan fingerprint density at radius 2 is 2.00 bits per heavy atom. The third-order valence-electron chi connectivity index (χ3n) is 3.16. The molecule has 2 aromatic rings. The molecule has 0 fully saturated rings. The third kappa shape index (κ3) is 4.07. The molecule has 1 N–H and O–H groups in total. The van der Waals surface area contributed by atoms with Crippen LogP contribution in [0.5, 0.6) is 0 Å². The lowest BCUT2D eigenvalue weighted by Gasteiger charge is -2.17. The van der Waals surface area contributed by atoms with Gasteiger partial charge < -0.3 is 9.88 Å². The minimum absolute atomic E-state index is 0.0696. The summed E-state index contributed by atoms with van der Waals surface area (Å²) in [6.45, 7) is 3.72. The molecule has 2 unspecified atom stereocenters. The monoisotopic (exact) mass is 307 g/mol. The van der Waals surface area contributed by atoms with E-state index in [4.69, 9.17) is 0 Å². The minimum atomic E-state index is -0.281. The molecule has 0 aliphatic rings. The van der Waals surface area contributed by atoms with Crippen LogP contribution in [0.3, 0.4) is 0 Å². The van der Waals surface area contributed by atoms with Gasteiger partial charge in [0.25, 0.3) is 0 Å². The number of rotatable bonds is 5. The number of carbonyl (C=O) groups is 1. The van der Waals surface area contributed by atoms with Crippen molar-refractivity contribution in [2.45, 2.75) is 30.3 Å². The highest BCUT2D eigenvalue weighted by atomic mass is 32.2. The molecular weight excluding hydrogens is 289 g/mol. The molecule has 2 rings (SSSR count). The number of hydrogen-bond acceptors (Lipinski definition) is 3. The number of benzene rings is 1. The number of aryl methyl sites for hydroxylation is 1. The van der Waals surface area contributed by atoms with E-state index < -0.39 is 0 Å². The number of imidazole rings is 1. The van der Waals surface area contributed by atoms with E-state index in [2.05, 4.69) is 10.3 Å². The highest BCUT2D eigenvalue weighted by Gasteiger charge is 2.18. The SMILES string of the molecule is CC(Sc1nccn1C)C(=O)NC(C)c1ccc(F)cc1. The van der Waals surface area contributed by atoms with E-state index in [1.807, 2.05) is 31.7 Å². The Hall–Kier alpha value is -1.82. The van der Waals surface area contributed by atoms with Crippen molar-refractivity contribution >= 4 is 17.7 Å². The molecule has 112 valence electrons. The van der Waals surface area contributed by atoms with Crippen molar-refractivity contribution in [3.63, 3.8) is 0 Å². The smallest absolute Gasteiger partial charge is 0.233 e. The predicted molar refractivity (Wildman–Crippen MR) is 81.5 cm³/mol. The fourth-order valence-electron chi connectivity index (χ4n) is 1.84. The molecule has 0 aliphatic heterocycles. The largest absolute Gasteiger partial charge is 0.349 e. The summed E-state index contributed by atoms with van der Waals surface area (Å²) < 4.78 is 14.8. The Kier molecular flexibility index (Phi) is 5.01. The summed E-state index contributed by atoms with van der Waals surface area (Å²) in [7, 11) is 1.89. The lowest BCUT2D eigenvalue weighted by Crippen LogP contribution is -2.33. The number of amides is 1. The number of carbonyl (C=O) groups excluding carboxylic acids is 1. The first-order valence-electron chi connectivity index (χ1n) is 6.67. The van der Waals surface area contributed by atoms with Gasteiger partial charge in [-0.3, -0.25) is 4.79 Å². The molecule has 0 radical (unpaired) electrons. The zero-order valence-electron chi connectivity index (χ0n) is 12.2. The fourth-order valence-corrected chi connectivity index (χ4v) is 2.68. The van der Waals surface area contributed by atoms with E-state index in [0.717, 1.165) is 10.7 Å². The van der Waals surface area contributed by atoms with E-state index in [9.17, 15) is 9.18 Å². The normalized spacial score (nSPS) is 13.7. The zero-order chi connectivity index (χ0) is 15.4. The summed E-state index contributed by atoms with van der Waals surface area (Å²) in [5.74, 6) is -0.351. The average molecular weight is 307 g/mol. The summed E-state index contributed by atoms with van der Waals surface area (Å²) in [5.41, 5.74) is 0.874. The first kappa shape index (κ1) is 15.6. The number of nitrogens with zero attached hydrogens (tertiary/aromatic N) is 2. The number of halogens is 1. The molecule has 0 aliphatic carbocycles. The van der Waals surface area contributed by atoms with Crippen LogP contribution in [0.15, 0.2) is 41.8 Å². The van der Waals surface area contributed by atoms with E-state index in [1.54, 1.807) is 18.3 Å². The van der Waals surface area contributed by atoms with Gasteiger partial charge in [0.15, 0.2) is 5.16 Å². The quantitative estimate of drug-likeness (QED) is 0.864. The van der Waals surface area contributed by atoms with Crippen LogP contribution in [-0.4, -0.2) is 20.7 Å². The number of nitrogens with one attached hydrogen (secondary N) is 1. The van der Waals surface area contributed by atoms with E-state index in [-0.39, 0.29) is 23.0 Å². The van der Waals surface area contributed by atoms with Gasteiger partial charge in [0.1, 0.15) is 5.82 Å². The maximum absolute atomic E-state index is 12.9. The van der Waals surface area contributed by atoms with Crippen LogP contribution in [0.2, 0.25) is 0 Å². The maximum atomic E-state index is 12.9. The summed E-state index contributed by atoms with van der Waals surface area (Å²) in [4.78, 5) is 16.4. The van der Waals surface area contributed by atoms with Gasteiger partial charge in [0, 0.05) is 19.4 Å². The first-order valence-corrected chi connectivity index (χ1v) is 7.55. The predicted octanol–water partition coefficient (Wildman–Crippen LogP) is 2.92. The average Bonchev–Trinajstić information content (AvgIpc) is 2.84. The van der Waals surface area contributed by atoms with Gasteiger partial charge in [0.2, 0.25) is 5.91 Å². The molecule has 21 heavy (non-hydrogen) atoms. The Morgan fingerprint density at radius 1 is 1.33 bits per heavy atom. The molecule has 0 spiro atoms. The second-order valence-corrected chi connectivity index (χ2v) is 6.17. The molecule has 4 nitrogen and oxygen atoms in total. The third-order valence-corrected chi connectivity index (χ3v) is 4.33. The Bertz CT molecular complexity index is 612. The second-order valence-electron chi connectivity index (χ2n) is 4.86. The van der Waals surface area contributed by atoms with Crippen LogP contribution in [0.1, 0.15) is 25.5 Å². The van der Waals surface area contributed by atoms with Crippen molar-refractivity contribution in [1.29, 1.82) is 0 Å². The lowest BCUT2D eigenvalue weighted by molar-refractivity contribution is -0.120. The van der Waals surface area contributed by atoms with Crippen molar-refractivity contribution in [3.05, 3.63) is 48.0 Å². The minimum Gasteiger partial charge on any atom is -0.349 e. The summed E-state index contributed by atoms with van der Waals surface area (Å²) in [6.07, 6.45) is 3.54. The van der Waals surface area contributed by atoms with Gasteiger partial charge in [-0.25, -0.2) is 9.37 Å². The molecule has 1 amide bonds. The summed E-state index contributed by atoms with van der Waals surface area (Å²) >= 11 is 1.40. The number of thioether (sulfide) groups is 1. The van der Waals surface area contributed by atoms with Crippen LogP contribution in [0, 0.1) is 5.82 Å². The van der Waals surface area contributed by atoms with Crippen LogP contribution < -0.4 is 5.32 Å². The van der Waals surface area contributed by atoms with Crippen LogP contribution >= 0.6 is 11.8 Å². The zero-order valence-corrected chi connectivity index (χ0v) is 13.0. The first-order chi connectivity index (χ1) is 9.97. The maximum Gasteiger partial charge on any atom is 0.233 e. The van der Waals surface area contributed by atoms with E-state index in [0.29, 0.717) is 0 Å². The van der Waals surface area contributed by atoms with Gasteiger partial charge in [-0.2, -0.15) is 0 Å². The molecule has 1 aromatic heterocycles. The lowest BCUT2D eigenvalue weighted by atomic mass is 10.1. The highest BCUT2D eigenvalue weighted by Crippen LogP contribution is 2.22. The Labute approximate surface area is 127 Å². The van der Waals surface area contributed by atoms with Crippen molar-refractivity contribution in [3.8, 4) is 0 Å². The topological polar surface area (TPSA) is 46.9 Å². The van der Waals surface area contributed by atoms with Gasteiger partial charge in [0.05, 0.1) is 11.3 Å².